The van der Waals surface area contributed by atoms with E-state index in [1.807, 2.05) is 67.6 Å². The SMILES string of the molecule is CCCCOC(=O)c1cccc2c1-c1ccccc1/C2=N\N=C\c1ccc2c(c1)c1ccccc1n2CCOC(=O)CCC. The van der Waals surface area contributed by atoms with Crippen molar-refractivity contribution in [2.45, 2.75) is 46.1 Å². The van der Waals surface area contributed by atoms with Gasteiger partial charge in [0, 0.05) is 44.9 Å². The molecule has 0 amide bonds. The molecule has 44 heavy (non-hydrogen) atoms. The number of aromatic nitrogens is 1. The first kappa shape index (κ1) is 29.1. The van der Waals surface area contributed by atoms with Gasteiger partial charge in [-0.15, -0.1) is 5.10 Å². The number of fused-ring (bicyclic) bond motifs is 6. The number of ether oxygens (including phenoxy) is 2. The summed E-state index contributed by atoms with van der Waals surface area (Å²) < 4.78 is 13.2. The molecule has 0 spiro atoms. The predicted molar refractivity (Wildman–Crippen MR) is 176 cm³/mol. The number of hydrogen-bond acceptors (Lipinski definition) is 6. The minimum atomic E-state index is -0.318. The minimum Gasteiger partial charge on any atom is -0.464 e. The Morgan fingerprint density at radius 1 is 0.773 bits per heavy atom. The van der Waals surface area contributed by atoms with Crippen LogP contribution in [0.2, 0.25) is 0 Å². The first-order valence-electron chi connectivity index (χ1n) is 15.3. The normalized spacial score (nSPS) is 13.1. The van der Waals surface area contributed by atoms with Crippen molar-refractivity contribution in [2.75, 3.05) is 13.2 Å². The molecular formula is C37H35N3O4. The van der Waals surface area contributed by atoms with Gasteiger partial charge in [-0.3, -0.25) is 4.79 Å². The van der Waals surface area contributed by atoms with E-state index in [0.29, 0.717) is 31.7 Å². The summed E-state index contributed by atoms with van der Waals surface area (Å²) in [5.41, 5.74) is 7.94. The highest BCUT2D eigenvalue weighted by Gasteiger charge is 2.29. The monoisotopic (exact) mass is 585 g/mol. The zero-order chi connectivity index (χ0) is 30.5. The summed E-state index contributed by atoms with van der Waals surface area (Å²) in [5.74, 6) is -0.481. The average molecular weight is 586 g/mol. The molecule has 6 rings (SSSR count). The summed E-state index contributed by atoms with van der Waals surface area (Å²) >= 11 is 0. The van der Waals surface area contributed by atoms with Gasteiger partial charge in [0.25, 0.3) is 0 Å². The first-order chi connectivity index (χ1) is 21.6. The Morgan fingerprint density at radius 3 is 2.39 bits per heavy atom. The predicted octanol–water partition coefficient (Wildman–Crippen LogP) is 7.95. The molecule has 1 aliphatic rings. The summed E-state index contributed by atoms with van der Waals surface area (Å²) in [6, 6.07) is 28.1. The standard InChI is InChI=1S/C37H35N3O4/c1-3-5-21-44-37(42)30-16-10-15-29-35(30)27-13-6-7-14-28(27)36(29)39-38-24-25-18-19-33-31(23-25)26-12-8-9-17-32(26)40(33)20-22-43-34(41)11-4-2/h6-10,12-19,23-24H,3-5,11,20-22H2,1-2H3/b38-24+,39-36+. The van der Waals surface area contributed by atoms with E-state index in [1.54, 1.807) is 6.21 Å². The van der Waals surface area contributed by atoms with Crippen LogP contribution in [0.1, 0.15) is 66.6 Å². The number of unbranched alkanes of at least 4 members (excludes halogenated alkanes) is 1. The summed E-state index contributed by atoms with van der Waals surface area (Å²) in [6.45, 7) is 5.35. The van der Waals surface area contributed by atoms with Gasteiger partial charge in [-0.1, -0.05) is 80.9 Å². The first-order valence-corrected chi connectivity index (χ1v) is 15.3. The summed E-state index contributed by atoms with van der Waals surface area (Å²) in [7, 11) is 0. The third-order valence-corrected chi connectivity index (χ3v) is 7.92. The van der Waals surface area contributed by atoms with Gasteiger partial charge in [0.1, 0.15) is 12.3 Å². The number of rotatable bonds is 11. The van der Waals surface area contributed by atoms with Gasteiger partial charge in [-0.2, -0.15) is 5.10 Å². The Balaban J connectivity index is 1.31. The van der Waals surface area contributed by atoms with Crippen molar-refractivity contribution in [3.05, 3.63) is 107 Å². The Bertz CT molecular complexity index is 1920. The molecule has 5 aromatic rings. The fourth-order valence-corrected chi connectivity index (χ4v) is 5.83. The van der Waals surface area contributed by atoms with Crippen LogP contribution < -0.4 is 0 Å². The molecule has 0 saturated carbocycles. The number of carbonyl (C=O) groups is 2. The number of carbonyl (C=O) groups excluding carboxylic acids is 2. The smallest absolute Gasteiger partial charge is 0.338 e. The number of benzene rings is 4. The van der Waals surface area contributed by atoms with Crippen LogP contribution in [0.3, 0.4) is 0 Å². The number of esters is 2. The lowest BCUT2D eigenvalue weighted by atomic mass is 9.99. The average Bonchev–Trinajstić information content (AvgIpc) is 3.54. The number of nitrogens with zero attached hydrogens (tertiary/aromatic N) is 3. The number of hydrogen-bond donors (Lipinski definition) is 0. The van der Waals surface area contributed by atoms with Crippen LogP contribution in [0.4, 0.5) is 0 Å². The summed E-state index contributed by atoms with van der Waals surface area (Å²) in [5, 5.41) is 11.4. The quantitative estimate of drug-likeness (QED) is 0.0669. The van der Waals surface area contributed by atoms with Crippen LogP contribution >= 0.6 is 0 Å². The molecule has 0 unspecified atom stereocenters. The maximum Gasteiger partial charge on any atom is 0.338 e. The van der Waals surface area contributed by atoms with Gasteiger partial charge in [0.2, 0.25) is 0 Å². The van der Waals surface area contributed by atoms with Crippen LogP contribution in [0.5, 0.6) is 0 Å². The Labute approximate surface area is 256 Å². The van der Waals surface area contributed by atoms with E-state index < -0.39 is 0 Å². The molecule has 4 aromatic carbocycles. The lowest BCUT2D eigenvalue weighted by molar-refractivity contribution is -0.143. The van der Waals surface area contributed by atoms with Crippen LogP contribution in [0.25, 0.3) is 32.9 Å². The molecule has 0 aliphatic heterocycles. The van der Waals surface area contributed by atoms with Gasteiger partial charge >= 0.3 is 11.9 Å². The highest BCUT2D eigenvalue weighted by molar-refractivity contribution is 6.26. The van der Waals surface area contributed by atoms with Crippen molar-refractivity contribution in [3.63, 3.8) is 0 Å². The number of para-hydroxylation sites is 1. The van der Waals surface area contributed by atoms with E-state index in [1.165, 1.54) is 0 Å². The molecule has 1 heterocycles. The van der Waals surface area contributed by atoms with Crippen molar-refractivity contribution in [3.8, 4) is 11.1 Å². The van der Waals surface area contributed by atoms with Crippen molar-refractivity contribution >= 4 is 45.7 Å². The molecule has 7 nitrogen and oxygen atoms in total. The Kier molecular flexibility index (Phi) is 8.64. The van der Waals surface area contributed by atoms with Gasteiger partial charge in [-0.05, 0) is 48.2 Å². The van der Waals surface area contributed by atoms with Gasteiger partial charge in [0.05, 0.1) is 24.9 Å². The zero-order valence-electron chi connectivity index (χ0n) is 25.1. The second kappa shape index (κ2) is 13.1. The fourth-order valence-electron chi connectivity index (χ4n) is 5.83. The molecule has 0 radical (unpaired) electrons. The third-order valence-electron chi connectivity index (χ3n) is 7.92. The second-order valence-corrected chi connectivity index (χ2v) is 10.9. The lowest BCUT2D eigenvalue weighted by Gasteiger charge is -2.09. The van der Waals surface area contributed by atoms with Gasteiger partial charge < -0.3 is 14.0 Å². The maximum absolute atomic E-state index is 13.0. The molecule has 0 N–H and O–H groups in total. The Morgan fingerprint density at radius 2 is 1.55 bits per heavy atom. The summed E-state index contributed by atoms with van der Waals surface area (Å²) in [4.78, 5) is 24.9. The molecule has 1 aliphatic carbocycles. The van der Waals surface area contributed by atoms with Gasteiger partial charge in [-0.25, -0.2) is 4.79 Å². The highest BCUT2D eigenvalue weighted by atomic mass is 16.5. The van der Waals surface area contributed by atoms with Crippen LogP contribution in [0.15, 0.2) is 95.1 Å². The van der Waals surface area contributed by atoms with Crippen molar-refractivity contribution < 1.29 is 19.1 Å². The molecule has 0 bridgehead atoms. The zero-order valence-corrected chi connectivity index (χ0v) is 25.1. The van der Waals surface area contributed by atoms with E-state index in [0.717, 1.165) is 74.6 Å². The molecule has 0 atom stereocenters. The molecular weight excluding hydrogens is 550 g/mol. The van der Waals surface area contributed by atoms with Crippen LogP contribution in [-0.4, -0.2) is 41.6 Å². The van der Waals surface area contributed by atoms with Crippen molar-refractivity contribution in [1.29, 1.82) is 0 Å². The highest BCUT2D eigenvalue weighted by Crippen LogP contribution is 2.39. The molecule has 0 fully saturated rings. The van der Waals surface area contributed by atoms with E-state index in [9.17, 15) is 9.59 Å². The molecule has 222 valence electrons. The third kappa shape index (κ3) is 5.65. The molecule has 0 saturated heterocycles. The van der Waals surface area contributed by atoms with E-state index in [-0.39, 0.29) is 11.9 Å². The van der Waals surface area contributed by atoms with E-state index in [4.69, 9.17) is 9.47 Å². The topological polar surface area (TPSA) is 82.2 Å². The van der Waals surface area contributed by atoms with Crippen molar-refractivity contribution in [2.24, 2.45) is 10.2 Å². The molecule has 7 heteroatoms. The van der Waals surface area contributed by atoms with E-state index in [2.05, 4.69) is 46.0 Å². The second-order valence-electron chi connectivity index (χ2n) is 10.9. The Hall–Kier alpha value is -5.04. The van der Waals surface area contributed by atoms with Gasteiger partial charge in [0.15, 0.2) is 0 Å². The summed E-state index contributed by atoms with van der Waals surface area (Å²) in [6.07, 6.45) is 4.76. The largest absolute Gasteiger partial charge is 0.464 e. The maximum atomic E-state index is 13.0. The van der Waals surface area contributed by atoms with E-state index >= 15 is 0 Å². The molecule has 1 aromatic heterocycles. The fraction of sp³-hybridized carbons (Fsp3) is 0.243. The van der Waals surface area contributed by atoms with Crippen molar-refractivity contribution in [1.82, 2.24) is 4.57 Å². The van der Waals surface area contributed by atoms with Crippen LogP contribution in [0, 0.1) is 0 Å². The minimum absolute atomic E-state index is 0.163. The lowest BCUT2D eigenvalue weighted by Crippen LogP contribution is -2.10. The van der Waals surface area contributed by atoms with Crippen LogP contribution in [-0.2, 0) is 20.8 Å².